The van der Waals surface area contributed by atoms with Gasteiger partial charge in [0.25, 0.3) is 0 Å². The van der Waals surface area contributed by atoms with Gasteiger partial charge in [-0.1, -0.05) is 6.07 Å². The Bertz CT molecular complexity index is 434. The summed E-state index contributed by atoms with van der Waals surface area (Å²) in [5.41, 5.74) is 9.78. The van der Waals surface area contributed by atoms with E-state index in [9.17, 15) is 0 Å². The number of anilines is 2. The van der Waals surface area contributed by atoms with Gasteiger partial charge in [0.1, 0.15) is 0 Å². The van der Waals surface area contributed by atoms with Crippen LogP contribution in [0, 0.1) is 6.92 Å². The maximum Gasteiger partial charge on any atom is 0.0922 e. The van der Waals surface area contributed by atoms with Crippen LogP contribution in [0.1, 0.15) is 11.3 Å². The monoisotopic (exact) mass is 202 g/mol. The minimum Gasteiger partial charge on any atom is -0.399 e. The Hall–Kier alpha value is -1.97. The lowest BCUT2D eigenvalue weighted by atomic mass is 10.2. The summed E-state index contributed by atoms with van der Waals surface area (Å²) in [5, 5.41) is 3.30. The molecular formula is C11H14N4. The molecule has 0 radical (unpaired) electrons. The molecule has 0 bridgehead atoms. The second-order valence-corrected chi connectivity index (χ2v) is 3.50. The molecule has 4 N–H and O–H groups in total. The van der Waals surface area contributed by atoms with Crippen LogP contribution in [0.4, 0.5) is 11.4 Å². The van der Waals surface area contributed by atoms with Crippen molar-refractivity contribution < 1.29 is 0 Å². The van der Waals surface area contributed by atoms with Crippen LogP contribution in [0.25, 0.3) is 0 Å². The Balaban J connectivity index is 2.07. The molecule has 78 valence electrons. The van der Waals surface area contributed by atoms with Crippen molar-refractivity contribution in [3.63, 3.8) is 0 Å². The molecule has 1 aromatic carbocycles. The highest BCUT2D eigenvalue weighted by molar-refractivity contribution is 5.59. The highest BCUT2D eigenvalue weighted by atomic mass is 14.9. The minimum absolute atomic E-state index is 0.726. The normalized spacial score (nSPS) is 10.2. The molecule has 0 aliphatic heterocycles. The Morgan fingerprint density at radius 3 is 3.07 bits per heavy atom. The fourth-order valence-corrected chi connectivity index (χ4v) is 1.40. The fraction of sp³-hybridized carbons (Fsp3) is 0.182. The first-order valence-electron chi connectivity index (χ1n) is 4.83. The van der Waals surface area contributed by atoms with Crippen LogP contribution in [0.2, 0.25) is 0 Å². The molecule has 1 aromatic heterocycles. The van der Waals surface area contributed by atoms with Gasteiger partial charge in [-0.25, -0.2) is 4.98 Å². The van der Waals surface area contributed by atoms with Gasteiger partial charge in [-0.15, -0.1) is 0 Å². The number of nitrogens with zero attached hydrogens (tertiary/aromatic N) is 1. The van der Waals surface area contributed by atoms with Gasteiger partial charge >= 0.3 is 0 Å². The number of aryl methyl sites for hydroxylation is 1. The quantitative estimate of drug-likeness (QED) is 0.666. The Morgan fingerprint density at radius 1 is 1.47 bits per heavy atom. The first kappa shape index (κ1) is 9.58. The van der Waals surface area contributed by atoms with Crippen molar-refractivity contribution in [2.45, 2.75) is 13.5 Å². The van der Waals surface area contributed by atoms with E-state index in [1.807, 2.05) is 18.2 Å². The Morgan fingerprint density at radius 2 is 2.33 bits per heavy atom. The van der Waals surface area contributed by atoms with E-state index in [4.69, 9.17) is 5.73 Å². The van der Waals surface area contributed by atoms with Gasteiger partial charge in [0.05, 0.1) is 18.6 Å². The van der Waals surface area contributed by atoms with E-state index in [0.29, 0.717) is 0 Å². The lowest BCUT2D eigenvalue weighted by Gasteiger charge is -2.09. The largest absolute Gasteiger partial charge is 0.399 e. The van der Waals surface area contributed by atoms with Crippen molar-refractivity contribution in [1.82, 2.24) is 9.97 Å². The molecule has 2 rings (SSSR count). The van der Waals surface area contributed by atoms with Crippen molar-refractivity contribution in [1.29, 1.82) is 0 Å². The minimum atomic E-state index is 0.726. The first-order valence-corrected chi connectivity index (χ1v) is 4.83. The molecule has 0 saturated carbocycles. The number of imidazole rings is 1. The number of nitrogens with two attached hydrogens (primary N) is 1. The maximum absolute atomic E-state index is 5.72. The molecule has 0 atom stereocenters. The first-order chi connectivity index (χ1) is 7.25. The zero-order valence-electron chi connectivity index (χ0n) is 8.62. The number of nitrogens with one attached hydrogen (secondary N) is 2. The molecule has 0 fully saturated rings. The summed E-state index contributed by atoms with van der Waals surface area (Å²) < 4.78 is 0. The number of rotatable bonds is 3. The SMILES string of the molecule is Cc1ccc(N)cc1NCc1cnc[nH]1. The lowest BCUT2D eigenvalue weighted by Crippen LogP contribution is -2.01. The van der Waals surface area contributed by atoms with E-state index in [1.54, 1.807) is 12.5 Å². The molecule has 0 aliphatic carbocycles. The van der Waals surface area contributed by atoms with Gasteiger partial charge in [0.2, 0.25) is 0 Å². The van der Waals surface area contributed by atoms with Gasteiger partial charge < -0.3 is 16.0 Å². The van der Waals surface area contributed by atoms with Gasteiger partial charge in [0.15, 0.2) is 0 Å². The van der Waals surface area contributed by atoms with Crippen LogP contribution in [0.5, 0.6) is 0 Å². The molecule has 2 aromatic rings. The third kappa shape index (κ3) is 2.28. The fourth-order valence-electron chi connectivity index (χ4n) is 1.40. The van der Waals surface area contributed by atoms with Crippen LogP contribution < -0.4 is 11.1 Å². The molecular weight excluding hydrogens is 188 g/mol. The molecule has 0 amide bonds. The summed E-state index contributed by atoms with van der Waals surface area (Å²) in [7, 11) is 0. The Labute approximate surface area is 88.5 Å². The average molecular weight is 202 g/mol. The van der Waals surface area contributed by atoms with Crippen molar-refractivity contribution in [3.8, 4) is 0 Å². The average Bonchev–Trinajstić information content (AvgIpc) is 2.72. The summed E-state index contributed by atoms with van der Waals surface area (Å²) >= 11 is 0. The van der Waals surface area contributed by atoms with E-state index in [-0.39, 0.29) is 0 Å². The van der Waals surface area contributed by atoms with Crippen molar-refractivity contribution in [3.05, 3.63) is 42.0 Å². The summed E-state index contributed by atoms with van der Waals surface area (Å²) in [4.78, 5) is 6.99. The topological polar surface area (TPSA) is 66.7 Å². The lowest BCUT2D eigenvalue weighted by molar-refractivity contribution is 1.07. The highest BCUT2D eigenvalue weighted by Gasteiger charge is 1.99. The molecule has 0 unspecified atom stereocenters. The van der Waals surface area contributed by atoms with E-state index < -0.39 is 0 Å². The van der Waals surface area contributed by atoms with Gasteiger partial charge in [-0.05, 0) is 24.6 Å². The number of H-pyrrole nitrogens is 1. The number of hydrogen-bond acceptors (Lipinski definition) is 3. The number of aromatic amines is 1. The van der Waals surface area contributed by atoms with Crippen molar-refractivity contribution >= 4 is 11.4 Å². The molecule has 0 spiro atoms. The third-order valence-electron chi connectivity index (χ3n) is 2.29. The second kappa shape index (κ2) is 4.04. The van der Waals surface area contributed by atoms with Gasteiger partial charge in [0, 0.05) is 17.6 Å². The van der Waals surface area contributed by atoms with Crippen LogP contribution in [-0.4, -0.2) is 9.97 Å². The zero-order valence-corrected chi connectivity index (χ0v) is 8.62. The third-order valence-corrected chi connectivity index (χ3v) is 2.29. The predicted molar refractivity (Wildman–Crippen MR) is 61.5 cm³/mol. The number of hydrogen-bond donors (Lipinski definition) is 3. The summed E-state index contributed by atoms with van der Waals surface area (Å²) in [6.45, 7) is 2.78. The number of benzene rings is 1. The molecule has 4 heteroatoms. The van der Waals surface area contributed by atoms with E-state index in [2.05, 4.69) is 22.2 Å². The van der Waals surface area contributed by atoms with Gasteiger partial charge in [-0.3, -0.25) is 0 Å². The van der Waals surface area contributed by atoms with E-state index in [0.717, 1.165) is 23.6 Å². The van der Waals surface area contributed by atoms with Crippen LogP contribution in [0.3, 0.4) is 0 Å². The van der Waals surface area contributed by atoms with Crippen molar-refractivity contribution in [2.75, 3.05) is 11.1 Å². The predicted octanol–water partition coefficient (Wildman–Crippen LogP) is 1.91. The van der Waals surface area contributed by atoms with Crippen LogP contribution in [-0.2, 0) is 6.54 Å². The molecule has 4 nitrogen and oxygen atoms in total. The van der Waals surface area contributed by atoms with Crippen LogP contribution >= 0.6 is 0 Å². The highest BCUT2D eigenvalue weighted by Crippen LogP contribution is 2.18. The summed E-state index contributed by atoms with van der Waals surface area (Å²) in [6, 6.07) is 5.84. The zero-order chi connectivity index (χ0) is 10.7. The van der Waals surface area contributed by atoms with Crippen molar-refractivity contribution in [2.24, 2.45) is 0 Å². The summed E-state index contributed by atoms with van der Waals surface area (Å²) in [5.74, 6) is 0. The molecule has 15 heavy (non-hydrogen) atoms. The second-order valence-electron chi connectivity index (χ2n) is 3.50. The smallest absolute Gasteiger partial charge is 0.0922 e. The van der Waals surface area contributed by atoms with Crippen LogP contribution in [0.15, 0.2) is 30.7 Å². The van der Waals surface area contributed by atoms with E-state index >= 15 is 0 Å². The molecule has 0 saturated heterocycles. The standard InChI is InChI=1S/C11H14N4/c1-8-2-3-9(12)4-11(8)14-6-10-5-13-7-15-10/h2-5,7,14H,6,12H2,1H3,(H,13,15). The molecule has 1 heterocycles. The summed E-state index contributed by atoms with van der Waals surface area (Å²) in [6.07, 6.45) is 3.47. The van der Waals surface area contributed by atoms with Gasteiger partial charge in [-0.2, -0.15) is 0 Å². The maximum atomic E-state index is 5.72. The van der Waals surface area contributed by atoms with E-state index in [1.165, 1.54) is 5.56 Å². The number of nitrogen functional groups attached to an aromatic ring is 1. The Kier molecular flexibility index (Phi) is 2.58. The number of aromatic nitrogens is 2. The molecule has 0 aliphatic rings.